The van der Waals surface area contributed by atoms with Crippen LogP contribution in [0.4, 0.5) is 0 Å². The smallest absolute Gasteiger partial charge is 0.354 e. The average molecular weight is 247 g/mol. The highest BCUT2D eigenvalue weighted by molar-refractivity contribution is 5.88. The maximum absolute atomic E-state index is 10.8. The number of carboxylic acid groups (broad SMARTS) is 1. The highest BCUT2D eigenvalue weighted by Crippen LogP contribution is 2.25. The Labute approximate surface area is 103 Å². The fraction of sp³-hybridized carbons (Fsp3) is 0.417. The number of hydrogen-bond donors (Lipinski definition) is 1. The van der Waals surface area contributed by atoms with Crippen molar-refractivity contribution in [2.45, 2.75) is 25.5 Å². The number of pyridine rings is 1. The fourth-order valence-electron chi connectivity index (χ4n) is 2.20. The number of carboxylic acids is 1. The van der Waals surface area contributed by atoms with Gasteiger partial charge in [0.15, 0.2) is 6.23 Å². The number of rotatable bonds is 2. The largest absolute Gasteiger partial charge is 0.477 e. The molecule has 6 heteroatoms. The maximum atomic E-state index is 10.8. The first-order valence-corrected chi connectivity index (χ1v) is 5.95. The molecule has 1 unspecified atom stereocenters. The van der Waals surface area contributed by atoms with Gasteiger partial charge in [0, 0.05) is 6.61 Å². The van der Waals surface area contributed by atoms with E-state index in [0.717, 1.165) is 31.4 Å². The van der Waals surface area contributed by atoms with E-state index in [1.165, 1.54) is 6.07 Å². The van der Waals surface area contributed by atoms with Gasteiger partial charge in [-0.25, -0.2) is 14.5 Å². The second kappa shape index (κ2) is 4.38. The molecule has 0 bridgehead atoms. The van der Waals surface area contributed by atoms with Crippen LogP contribution in [-0.2, 0) is 4.74 Å². The van der Waals surface area contributed by atoms with Crippen LogP contribution in [-0.4, -0.2) is 32.4 Å². The highest BCUT2D eigenvalue weighted by atomic mass is 16.5. The molecule has 0 aliphatic carbocycles. The van der Waals surface area contributed by atoms with Crippen LogP contribution in [0.15, 0.2) is 18.3 Å². The Morgan fingerprint density at radius 1 is 1.44 bits per heavy atom. The van der Waals surface area contributed by atoms with Crippen LogP contribution < -0.4 is 0 Å². The predicted octanol–water partition coefficient (Wildman–Crippen LogP) is 1.83. The van der Waals surface area contributed by atoms with Crippen molar-refractivity contribution in [2.24, 2.45) is 0 Å². The molecule has 1 aliphatic heterocycles. The summed E-state index contributed by atoms with van der Waals surface area (Å²) in [7, 11) is 0. The molecule has 0 radical (unpaired) electrons. The molecule has 0 amide bonds. The zero-order valence-corrected chi connectivity index (χ0v) is 9.74. The highest BCUT2D eigenvalue weighted by Gasteiger charge is 2.19. The lowest BCUT2D eigenvalue weighted by molar-refractivity contribution is -0.0366. The summed E-state index contributed by atoms with van der Waals surface area (Å²) >= 11 is 0. The molecule has 1 N–H and O–H groups in total. The third kappa shape index (κ3) is 1.84. The Hall–Kier alpha value is -1.95. The molecule has 2 aromatic heterocycles. The van der Waals surface area contributed by atoms with Gasteiger partial charge < -0.3 is 9.84 Å². The van der Waals surface area contributed by atoms with Gasteiger partial charge in [-0.2, -0.15) is 5.10 Å². The zero-order chi connectivity index (χ0) is 12.5. The number of aromatic nitrogens is 3. The molecule has 3 rings (SSSR count). The number of nitrogens with zero attached hydrogens (tertiary/aromatic N) is 3. The monoisotopic (exact) mass is 247 g/mol. The summed E-state index contributed by atoms with van der Waals surface area (Å²) < 4.78 is 7.45. The Kier molecular flexibility index (Phi) is 2.71. The van der Waals surface area contributed by atoms with Crippen LogP contribution in [0.1, 0.15) is 36.0 Å². The molecular weight excluding hydrogens is 234 g/mol. The zero-order valence-electron chi connectivity index (χ0n) is 9.74. The molecule has 3 heterocycles. The third-order valence-electron chi connectivity index (χ3n) is 3.10. The first-order chi connectivity index (χ1) is 8.75. The van der Waals surface area contributed by atoms with E-state index in [2.05, 4.69) is 10.1 Å². The fourth-order valence-corrected chi connectivity index (χ4v) is 2.20. The Morgan fingerprint density at radius 2 is 2.33 bits per heavy atom. The minimum atomic E-state index is -1.03. The van der Waals surface area contributed by atoms with Crippen molar-refractivity contribution in [2.75, 3.05) is 6.61 Å². The van der Waals surface area contributed by atoms with Gasteiger partial charge >= 0.3 is 5.97 Å². The van der Waals surface area contributed by atoms with Crippen molar-refractivity contribution in [1.29, 1.82) is 0 Å². The first-order valence-electron chi connectivity index (χ1n) is 5.95. The van der Waals surface area contributed by atoms with E-state index >= 15 is 0 Å². The summed E-state index contributed by atoms with van der Waals surface area (Å²) in [6.45, 7) is 0.743. The van der Waals surface area contributed by atoms with Crippen LogP contribution in [0.3, 0.4) is 0 Å². The third-order valence-corrected chi connectivity index (χ3v) is 3.10. The van der Waals surface area contributed by atoms with Crippen LogP contribution in [0, 0.1) is 0 Å². The number of fused-ring (bicyclic) bond motifs is 1. The molecule has 18 heavy (non-hydrogen) atoms. The molecule has 94 valence electrons. The molecule has 1 saturated heterocycles. The number of hydrogen-bond acceptors (Lipinski definition) is 4. The number of ether oxygens (including phenoxy) is 1. The standard InChI is InChI=1S/C12H13N3O3/c16-12(17)8-4-5-10-9(14-8)7-13-15(10)11-3-1-2-6-18-11/h4-5,7,11H,1-3,6H2,(H,16,17). The molecule has 0 spiro atoms. The molecule has 6 nitrogen and oxygen atoms in total. The topological polar surface area (TPSA) is 77.2 Å². The predicted molar refractivity (Wildman–Crippen MR) is 63.3 cm³/mol. The Bertz CT molecular complexity index is 587. The van der Waals surface area contributed by atoms with Gasteiger partial charge in [-0.15, -0.1) is 0 Å². The van der Waals surface area contributed by atoms with E-state index in [4.69, 9.17) is 9.84 Å². The Morgan fingerprint density at radius 3 is 3.06 bits per heavy atom. The van der Waals surface area contributed by atoms with Crippen LogP contribution in [0.25, 0.3) is 11.0 Å². The Balaban J connectivity index is 2.01. The molecule has 1 atom stereocenters. The maximum Gasteiger partial charge on any atom is 0.354 e. The lowest BCUT2D eigenvalue weighted by Gasteiger charge is -2.23. The van der Waals surface area contributed by atoms with Gasteiger partial charge in [0.1, 0.15) is 11.2 Å². The van der Waals surface area contributed by atoms with Crippen LogP contribution in [0.2, 0.25) is 0 Å². The van der Waals surface area contributed by atoms with E-state index in [1.807, 2.05) is 0 Å². The van der Waals surface area contributed by atoms with E-state index in [-0.39, 0.29) is 11.9 Å². The van der Waals surface area contributed by atoms with Crippen LogP contribution in [0.5, 0.6) is 0 Å². The SMILES string of the molecule is O=C(O)c1ccc2c(cnn2C2CCCCO2)n1. The van der Waals surface area contributed by atoms with Gasteiger partial charge in [0.05, 0.1) is 11.7 Å². The second-order valence-corrected chi connectivity index (χ2v) is 4.32. The normalized spacial score (nSPS) is 20.1. The quantitative estimate of drug-likeness (QED) is 0.876. The summed E-state index contributed by atoms with van der Waals surface area (Å²) in [4.78, 5) is 14.9. The van der Waals surface area contributed by atoms with Crippen LogP contribution >= 0.6 is 0 Å². The number of aromatic carboxylic acids is 1. The molecule has 0 aromatic carbocycles. The second-order valence-electron chi connectivity index (χ2n) is 4.32. The summed E-state index contributed by atoms with van der Waals surface area (Å²) in [5.41, 5.74) is 1.43. The lowest BCUT2D eigenvalue weighted by Crippen LogP contribution is -2.19. The van der Waals surface area contributed by atoms with Crippen molar-refractivity contribution in [3.05, 3.63) is 24.0 Å². The van der Waals surface area contributed by atoms with Crippen molar-refractivity contribution in [3.8, 4) is 0 Å². The lowest BCUT2D eigenvalue weighted by atomic mass is 10.2. The summed E-state index contributed by atoms with van der Waals surface area (Å²) in [6, 6.07) is 3.22. The summed E-state index contributed by atoms with van der Waals surface area (Å²) in [5.74, 6) is -1.03. The van der Waals surface area contributed by atoms with E-state index in [0.29, 0.717) is 5.52 Å². The van der Waals surface area contributed by atoms with Crippen molar-refractivity contribution < 1.29 is 14.6 Å². The molecular formula is C12H13N3O3. The van der Waals surface area contributed by atoms with E-state index < -0.39 is 5.97 Å². The first kappa shape index (κ1) is 11.2. The summed E-state index contributed by atoms with van der Waals surface area (Å²) in [5, 5.41) is 13.1. The van der Waals surface area contributed by atoms with Gasteiger partial charge in [-0.3, -0.25) is 0 Å². The average Bonchev–Trinajstić information content (AvgIpc) is 2.82. The van der Waals surface area contributed by atoms with E-state index in [9.17, 15) is 4.79 Å². The number of carbonyl (C=O) groups is 1. The molecule has 0 saturated carbocycles. The van der Waals surface area contributed by atoms with Gasteiger partial charge in [-0.05, 0) is 31.4 Å². The molecule has 2 aromatic rings. The van der Waals surface area contributed by atoms with Gasteiger partial charge in [0.2, 0.25) is 0 Å². The van der Waals surface area contributed by atoms with Gasteiger partial charge in [0.25, 0.3) is 0 Å². The van der Waals surface area contributed by atoms with E-state index in [1.54, 1.807) is 16.9 Å². The summed E-state index contributed by atoms with van der Waals surface area (Å²) in [6.07, 6.45) is 4.65. The molecule has 1 fully saturated rings. The van der Waals surface area contributed by atoms with Crippen molar-refractivity contribution in [3.63, 3.8) is 0 Å². The van der Waals surface area contributed by atoms with Crippen molar-refractivity contribution in [1.82, 2.24) is 14.8 Å². The van der Waals surface area contributed by atoms with Crippen molar-refractivity contribution >= 4 is 17.0 Å². The molecule has 1 aliphatic rings. The minimum Gasteiger partial charge on any atom is -0.477 e. The minimum absolute atomic E-state index is 0.0339. The van der Waals surface area contributed by atoms with Gasteiger partial charge in [-0.1, -0.05) is 0 Å².